The second kappa shape index (κ2) is 6.04. The highest BCUT2D eigenvalue weighted by Crippen LogP contribution is 2.38. The van der Waals surface area contributed by atoms with E-state index in [1.807, 2.05) is 4.90 Å². The van der Waals surface area contributed by atoms with Gasteiger partial charge in [-0.15, -0.1) is 0 Å². The Morgan fingerprint density at radius 1 is 1.18 bits per heavy atom. The van der Waals surface area contributed by atoms with Crippen LogP contribution in [0.1, 0.15) is 28.7 Å². The standard InChI is InChI=1S/C18H14F3N7/c19-18(20,21)11-2-1-6-28-14(11)8-13(26-28)17-16-12(24-10-25-16)3-7-27(17)15-9-22-4-5-23-15/h1-2,4-6,8-10,17H,3,7H2,(H,24,25)/t17-/m0/s1. The van der Waals surface area contributed by atoms with Crippen molar-refractivity contribution >= 4 is 11.3 Å². The van der Waals surface area contributed by atoms with Gasteiger partial charge in [0.2, 0.25) is 0 Å². The van der Waals surface area contributed by atoms with Crippen molar-refractivity contribution in [2.45, 2.75) is 18.6 Å². The highest BCUT2D eigenvalue weighted by atomic mass is 19.4. The van der Waals surface area contributed by atoms with E-state index in [0.717, 1.165) is 17.5 Å². The Balaban J connectivity index is 1.69. The number of alkyl halides is 3. The molecule has 1 aliphatic heterocycles. The molecule has 0 saturated heterocycles. The van der Waals surface area contributed by atoms with Crippen molar-refractivity contribution in [1.29, 1.82) is 0 Å². The molecule has 142 valence electrons. The third kappa shape index (κ3) is 2.60. The van der Waals surface area contributed by atoms with Crippen LogP contribution in [-0.2, 0) is 12.6 Å². The number of nitrogens with zero attached hydrogens (tertiary/aromatic N) is 6. The minimum absolute atomic E-state index is 0.00625. The van der Waals surface area contributed by atoms with Crippen LogP contribution in [0.25, 0.3) is 5.52 Å². The minimum Gasteiger partial charge on any atom is -0.348 e. The third-order valence-electron chi connectivity index (χ3n) is 4.88. The Morgan fingerprint density at radius 2 is 2.07 bits per heavy atom. The van der Waals surface area contributed by atoms with E-state index in [9.17, 15) is 13.2 Å². The first-order valence-corrected chi connectivity index (χ1v) is 8.62. The van der Waals surface area contributed by atoms with Gasteiger partial charge in [0.25, 0.3) is 0 Å². The maximum Gasteiger partial charge on any atom is 0.418 e. The van der Waals surface area contributed by atoms with Gasteiger partial charge < -0.3 is 9.88 Å². The average molecular weight is 385 g/mol. The summed E-state index contributed by atoms with van der Waals surface area (Å²) in [6.45, 7) is 0.610. The van der Waals surface area contributed by atoms with Crippen LogP contribution < -0.4 is 4.90 Å². The normalized spacial score (nSPS) is 17.1. The van der Waals surface area contributed by atoms with Crippen molar-refractivity contribution in [2.24, 2.45) is 0 Å². The van der Waals surface area contributed by atoms with Gasteiger partial charge in [-0.3, -0.25) is 4.98 Å². The number of H-pyrrole nitrogens is 1. The van der Waals surface area contributed by atoms with Gasteiger partial charge in [0.05, 0.1) is 35.0 Å². The monoisotopic (exact) mass is 385 g/mol. The number of fused-ring (bicyclic) bond motifs is 2. The molecule has 4 aromatic rings. The highest BCUT2D eigenvalue weighted by molar-refractivity contribution is 5.59. The number of hydrogen-bond donors (Lipinski definition) is 1. The topological polar surface area (TPSA) is 75.0 Å². The molecule has 4 aromatic heterocycles. The zero-order valence-corrected chi connectivity index (χ0v) is 14.4. The van der Waals surface area contributed by atoms with Crippen molar-refractivity contribution in [3.63, 3.8) is 0 Å². The van der Waals surface area contributed by atoms with Gasteiger partial charge in [0, 0.05) is 37.3 Å². The van der Waals surface area contributed by atoms with E-state index in [1.54, 1.807) is 24.9 Å². The first-order valence-electron chi connectivity index (χ1n) is 8.62. The lowest BCUT2D eigenvalue weighted by Gasteiger charge is -2.34. The molecule has 1 aliphatic rings. The van der Waals surface area contributed by atoms with E-state index in [4.69, 9.17) is 0 Å². The van der Waals surface area contributed by atoms with E-state index >= 15 is 0 Å². The largest absolute Gasteiger partial charge is 0.418 e. The number of anilines is 1. The molecule has 0 saturated carbocycles. The number of nitrogens with one attached hydrogen (secondary N) is 1. The van der Waals surface area contributed by atoms with Crippen molar-refractivity contribution in [2.75, 3.05) is 11.4 Å². The molecule has 7 nitrogen and oxygen atoms in total. The second-order valence-electron chi connectivity index (χ2n) is 6.49. The molecule has 0 amide bonds. The summed E-state index contributed by atoms with van der Waals surface area (Å²) in [5.41, 5.74) is 1.42. The summed E-state index contributed by atoms with van der Waals surface area (Å²) in [4.78, 5) is 18.0. The van der Waals surface area contributed by atoms with Crippen LogP contribution in [-0.4, -0.2) is 36.1 Å². The number of aromatic nitrogens is 6. The summed E-state index contributed by atoms with van der Waals surface area (Å²) >= 11 is 0. The number of hydrogen-bond acceptors (Lipinski definition) is 5. The molecule has 0 bridgehead atoms. The molecule has 28 heavy (non-hydrogen) atoms. The molecule has 0 fully saturated rings. The Morgan fingerprint density at radius 3 is 2.86 bits per heavy atom. The van der Waals surface area contributed by atoms with E-state index in [0.29, 0.717) is 24.5 Å². The van der Waals surface area contributed by atoms with Crippen LogP contribution in [0.15, 0.2) is 49.3 Å². The first-order chi connectivity index (χ1) is 13.5. The van der Waals surface area contributed by atoms with E-state index < -0.39 is 17.8 Å². The second-order valence-corrected chi connectivity index (χ2v) is 6.49. The van der Waals surface area contributed by atoms with Gasteiger partial charge in [-0.25, -0.2) is 14.5 Å². The first kappa shape index (κ1) is 16.7. The van der Waals surface area contributed by atoms with Crippen molar-refractivity contribution in [3.05, 3.63) is 72.0 Å². The number of aromatic amines is 1. The average Bonchev–Trinajstić information content (AvgIpc) is 3.33. The quantitative estimate of drug-likeness (QED) is 0.574. The van der Waals surface area contributed by atoms with Gasteiger partial charge in [-0.2, -0.15) is 18.3 Å². The summed E-state index contributed by atoms with van der Waals surface area (Å²) in [5, 5.41) is 4.44. The van der Waals surface area contributed by atoms with Gasteiger partial charge >= 0.3 is 6.18 Å². The lowest BCUT2D eigenvalue weighted by molar-refractivity contribution is -0.136. The lowest BCUT2D eigenvalue weighted by atomic mass is 9.99. The predicted molar refractivity (Wildman–Crippen MR) is 93.7 cm³/mol. The van der Waals surface area contributed by atoms with E-state index in [2.05, 4.69) is 25.0 Å². The molecule has 1 atom stereocenters. The zero-order chi connectivity index (χ0) is 19.3. The maximum atomic E-state index is 13.4. The van der Waals surface area contributed by atoms with Crippen LogP contribution >= 0.6 is 0 Å². The third-order valence-corrected chi connectivity index (χ3v) is 4.88. The molecule has 0 radical (unpaired) electrons. The van der Waals surface area contributed by atoms with Crippen molar-refractivity contribution < 1.29 is 13.2 Å². The molecular weight excluding hydrogens is 371 g/mol. The molecule has 5 heterocycles. The Bertz CT molecular complexity index is 1130. The predicted octanol–water partition coefficient (Wildman–Crippen LogP) is 3.02. The minimum atomic E-state index is -4.46. The zero-order valence-electron chi connectivity index (χ0n) is 14.4. The van der Waals surface area contributed by atoms with E-state index in [-0.39, 0.29) is 5.52 Å². The summed E-state index contributed by atoms with van der Waals surface area (Å²) in [6.07, 6.45) is 4.13. The molecule has 0 unspecified atom stereocenters. The van der Waals surface area contributed by atoms with Gasteiger partial charge in [-0.1, -0.05) is 0 Å². The number of imidazole rings is 1. The summed E-state index contributed by atoms with van der Waals surface area (Å²) in [7, 11) is 0. The van der Waals surface area contributed by atoms with Gasteiger partial charge in [0.15, 0.2) is 0 Å². The number of rotatable bonds is 2. The molecular formula is C18H14F3N7. The number of halogens is 3. The van der Waals surface area contributed by atoms with Gasteiger partial charge in [0.1, 0.15) is 11.9 Å². The SMILES string of the molecule is FC(F)(F)c1cccn2nc([C@H]3c4nc[nH]c4CCN3c3cnccn3)cc12. The van der Waals surface area contributed by atoms with Crippen LogP contribution in [0.3, 0.4) is 0 Å². The Labute approximate surface area is 156 Å². The Hall–Kier alpha value is -3.43. The molecule has 0 spiro atoms. The fraction of sp³-hybridized carbons (Fsp3) is 0.222. The van der Waals surface area contributed by atoms with Crippen molar-refractivity contribution in [1.82, 2.24) is 29.5 Å². The molecule has 1 N–H and O–H groups in total. The van der Waals surface area contributed by atoms with Crippen LogP contribution in [0.5, 0.6) is 0 Å². The molecule has 10 heteroatoms. The Kier molecular flexibility index (Phi) is 3.61. The smallest absolute Gasteiger partial charge is 0.348 e. The molecule has 0 aromatic carbocycles. The van der Waals surface area contributed by atoms with Crippen LogP contribution in [0, 0.1) is 0 Å². The van der Waals surface area contributed by atoms with Crippen LogP contribution in [0.4, 0.5) is 19.0 Å². The van der Waals surface area contributed by atoms with Gasteiger partial charge in [-0.05, 0) is 18.2 Å². The fourth-order valence-electron chi connectivity index (χ4n) is 3.67. The lowest BCUT2D eigenvalue weighted by Crippen LogP contribution is -2.37. The molecule has 5 rings (SSSR count). The van der Waals surface area contributed by atoms with Crippen LogP contribution in [0.2, 0.25) is 0 Å². The summed E-state index contributed by atoms with van der Waals surface area (Å²) in [5.74, 6) is 0.620. The number of pyridine rings is 1. The highest BCUT2D eigenvalue weighted by Gasteiger charge is 2.36. The molecule has 0 aliphatic carbocycles. The summed E-state index contributed by atoms with van der Waals surface area (Å²) < 4.78 is 41.5. The fourth-order valence-corrected chi connectivity index (χ4v) is 3.67. The maximum absolute atomic E-state index is 13.4. The summed E-state index contributed by atoms with van der Waals surface area (Å²) in [6, 6.07) is 3.41. The van der Waals surface area contributed by atoms with Crippen molar-refractivity contribution in [3.8, 4) is 0 Å². The van der Waals surface area contributed by atoms with E-state index in [1.165, 1.54) is 22.8 Å².